The number of pyridine rings is 1. The predicted molar refractivity (Wildman–Crippen MR) is 113 cm³/mol. The molecule has 1 aromatic carbocycles. The summed E-state index contributed by atoms with van der Waals surface area (Å²) < 4.78 is 28.9. The molecule has 1 saturated heterocycles. The predicted octanol–water partition coefficient (Wildman–Crippen LogP) is 1.37. The number of aromatic hydroxyl groups is 1. The minimum Gasteiger partial charge on any atom is -0.508 e. The number of carbonyl (C=O) groups excluding carboxylic acids is 1. The highest BCUT2D eigenvalue weighted by Crippen LogP contribution is 2.28. The molecule has 0 radical (unpaired) electrons. The molecule has 5 N–H and O–H groups in total. The van der Waals surface area contributed by atoms with Crippen LogP contribution in [-0.4, -0.2) is 47.7 Å². The van der Waals surface area contributed by atoms with Crippen molar-refractivity contribution in [2.24, 2.45) is 5.73 Å². The summed E-state index contributed by atoms with van der Waals surface area (Å²) in [6.07, 6.45) is 1.90. The average Bonchev–Trinajstić information content (AvgIpc) is 3.28. The van der Waals surface area contributed by atoms with Crippen molar-refractivity contribution in [3.05, 3.63) is 53.7 Å². The molecule has 0 aliphatic carbocycles. The molecule has 1 unspecified atom stereocenters. The van der Waals surface area contributed by atoms with E-state index in [0.717, 1.165) is 16.0 Å². The van der Waals surface area contributed by atoms with E-state index in [0.29, 0.717) is 29.6 Å². The number of carbonyl (C=O) groups is 1. The number of likely N-dealkylation sites (tertiary alicyclic amines) is 1. The highest BCUT2D eigenvalue weighted by molar-refractivity contribution is 7.91. The van der Waals surface area contributed by atoms with Gasteiger partial charge in [0.1, 0.15) is 21.8 Å². The van der Waals surface area contributed by atoms with Crippen molar-refractivity contribution in [2.75, 3.05) is 6.54 Å². The summed E-state index contributed by atoms with van der Waals surface area (Å²) in [7, 11) is -3.87. The lowest BCUT2D eigenvalue weighted by molar-refractivity contribution is -0.129. The Kier molecular flexibility index (Phi) is 5.18. The molecular weight excluding hydrogens is 426 g/mol. The lowest BCUT2D eigenvalue weighted by Crippen LogP contribution is -2.41. The molecule has 0 saturated carbocycles. The molecule has 9 nitrogen and oxygen atoms in total. The topological polar surface area (TPSA) is 149 Å². The summed E-state index contributed by atoms with van der Waals surface area (Å²) in [4.78, 5) is 18.4. The van der Waals surface area contributed by atoms with E-state index in [-0.39, 0.29) is 28.2 Å². The van der Waals surface area contributed by atoms with Crippen LogP contribution in [0, 0.1) is 5.41 Å². The maximum atomic E-state index is 12.8. The number of hydrogen-bond donors (Lipinski definition) is 4. The van der Waals surface area contributed by atoms with Crippen LogP contribution >= 0.6 is 11.3 Å². The number of thiophene rings is 1. The molecule has 1 aliphatic heterocycles. The van der Waals surface area contributed by atoms with E-state index in [4.69, 9.17) is 11.1 Å². The third-order valence-corrected chi connectivity index (χ3v) is 7.91. The van der Waals surface area contributed by atoms with Crippen LogP contribution in [-0.2, 0) is 21.4 Å². The number of nitrogens with one attached hydrogen (secondary N) is 2. The number of sulfonamides is 1. The van der Waals surface area contributed by atoms with Gasteiger partial charge in [0.2, 0.25) is 5.91 Å². The Morgan fingerprint density at radius 3 is 2.90 bits per heavy atom. The van der Waals surface area contributed by atoms with Crippen molar-refractivity contribution in [1.82, 2.24) is 14.6 Å². The van der Waals surface area contributed by atoms with Gasteiger partial charge in [-0.05, 0) is 42.8 Å². The second-order valence-corrected chi connectivity index (χ2v) is 9.96. The van der Waals surface area contributed by atoms with Crippen LogP contribution in [0.1, 0.15) is 17.5 Å². The van der Waals surface area contributed by atoms with Crippen molar-refractivity contribution < 1.29 is 18.3 Å². The Morgan fingerprint density at radius 1 is 1.37 bits per heavy atom. The smallest absolute Gasteiger partial charge is 0.250 e. The quantitative estimate of drug-likeness (QED) is 0.332. The first-order chi connectivity index (χ1) is 14.2. The van der Waals surface area contributed by atoms with Crippen LogP contribution < -0.4 is 10.5 Å². The number of phenolic OH excluding ortho intramolecular Hbond substituents is 1. The number of nitrogens with two attached hydrogens (primary N) is 1. The van der Waals surface area contributed by atoms with Crippen molar-refractivity contribution in [3.63, 3.8) is 0 Å². The molecule has 156 valence electrons. The Labute approximate surface area is 176 Å². The van der Waals surface area contributed by atoms with Crippen LogP contribution in [0.15, 0.2) is 46.8 Å². The van der Waals surface area contributed by atoms with Crippen LogP contribution in [0.3, 0.4) is 0 Å². The molecule has 1 amide bonds. The zero-order valence-corrected chi connectivity index (χ0v) is 17.3. The lowest BCUT2D eigenvalue weighted by Gasteiger charge is -2.18. The molecule has 11 heteroatoms. The molecule has 30 heavy (non-hydrogen) atoms. The van der Waals surface area contributed by atoms with E-state index >= 15 is 0 Å². The maximum Gasteiger partial charge on any atom is 0.250 e. The second kappa shape index (κ2) is 7.67. The van der Waals surface area contributed by atoms with Gasteiger partial charge < -0.3 is 15.7 Å². The standard InChI is InChI=1S/C19H19N5O4S2/c20-18(21)11-3-4-15(25)12(8-11)10-24-7-5-13(19(24)26)23-30(27,28)17-9-14-16(29-17)2-1-6-22-14/h1-4,6,8-9,13,23,25H,5,7,10H2,(H3,20,21). The normalized spacial score (nSPS) is 17.0. The van der Waals surface area contributed by atoms with Gasteiger partial charge in [0.05, 0.1) is 10.2 Å². The first-order valence-corrected chi connectivity index (χ1v) is 11.4. The van der Waals surface area contributed by atoms with Crippen molar-refractivity contribution in [2.45, 2.75) is 23.2 Å². The second-order valence-electron chi connectivity index (χ2n) is 6.93. The summed E-state index contributed by atoms with van der Waals surface area (Å²) in [5.74, 6) is -0.535. The molecule has 4 rings (SSSR count). The molecule has 3 heterocycles. The fraction of sp³-hybridized carbons (Fsp3) is 0.211. The van der Waals surface area contributed by atoms with Gasteiger partial charge in [-0.25, -0.2) is 8.42 Å². The SMILES string of the molecule is N=C(N)c1ccc(O)c(CN2CCC(NS(=O)(=O)c3cc4ncccc4s3)C2=O)c1. The third kappa shape index (κ3) is 3.86. The highest BCUT2D eigenvalue weighted by Gasteiger charge is 2.35. The first kappa shape index (κ1) is 20.3. The molecule has 1 aliphatic rings. The van der Waals surface area contributed by atoms with Crippen molar-refractivity contribution >= 4 is 43.3 Å². The molecule has 0 bridgehead atoms. The van der Waals surface area contributed by atoms with Gasteiger partial charge in [0, 0.05) is 30.4 Å². The van der Waals surface area contributed by atoms with Gasteiger partial charge in [-0.1, -0.05) is 0 Å². The van der Waals surface area contributed by atoms with Crippen molar-refractivity contribution in [3.8, 4) is 5.75 Å². The molecule has 2 aromatic heterocycles. The van der Waals surface area contributed by atoms with E-state index in [1.165, 1.54) is 23.1 Å². The number of phenols is 1. The van der Waals surface area contributed by atoms with Gasteiger partial charge in [-0.15, -0.1) is 11.3 Å². The molecular formula is C19H19N5O4S2. The zero-order chi connectivity index (χ0) is 21.5. The average molecular weight is 446 g/mol. The third-order valence-electron chi connectivity index (χ3n) is 4.88. The summed E-state index contributed by atoms with van der Waals surface area (Å²) in [5.41, 5.74) is 6.95. The Bertz CT molecular complexity index is 1220. The van der Waals surface area contributed by atoms with Gasteiger partial charge in [0.15, 0.2) is 0 Å². The fourth-order valence-corrected chi connectivity index (χ4v) is 5.89. The van der Waals surface area contributed by atoms with Crippen LogP contribution in [0.25, 0.3) is 10.2 Å². The van der Waals surface area contributed by atoms with Crippen LogP contribution in [0.2, 0.25) is 0 Å². The zero-order valence-electron chi connectivity index (χ0n) is 15.7. The van der Waals surface area contributed by atoms with Gasteiger partial charge >= 0.3 is 0 Å². The number of amides is 1. The maximum absolute atomic E-state index is 12.8. The molecule has 3 aromatic rings. The van der Waals surface area contributed by atoms with Crippen LogP contribution in [0.4, 0.5) is 0 Å². The lowest BCUT2D eigenvalue weighted by atomic mass is 10.1. The fourth-order valence-electron chi connectivity index (χ4n) is 3.32. The number of hydrogen-bond acceptors (Lipinski definition) is 7. The molecule has 1 fully saturated rings. The Morgan fingerprint density at radius 2 is 2.17 bits per heavy atom. The van der Waals surface area contributed by atoms with E-state index in [2.05, 4.69) is 9.71 Å². The van der Waals surface area contributed by atoms with Gasteiger partial charge in [-0.2, -0.15) is 4.72 Å². The Balaban J connectivity index is 1.49. The summed E-state index contributed by atoms with van der Waals surface area (Å²) in [5, 5.41) is 17.6. The number of benzene rings is 1. The number of rotatable bonds is 6. The summed E-state index contributed by atoms with van der Waals surface area (Å²) in [6.45, 7) is 0.431. The number of fused-ring (bicyclic) bond motifs is 1. The number of amidine groups is 1. The van der Waals surface area contributed by atoms with Gasteiger partial charge in [0.25, 0.3) is 10.0 Å². The monoisotopic (exact) mass is 445 g/mol. The summed E-state index contributed by atoms with van der Waals surface area (Å²) in [6, 6.07) is 8.61. The molecule has 1 atom stereocenters. The summed E-state index contributed by atoms with van der Waals surface area (Å²) >= 11 is 1.10. The van der Waals surface area contributed by atoms with E-state index in [1.54, 1.807) is 24.4 Å². The minimum atomic E-state index is -3.87. The van der Waals surface area contributed by atoms with Crippen molar-refractivity contribution in [1.29, 1.82) is 5.41 Å². The van der Waals surface area contributed by atoms with E-state index in [1.807, 2.05) is 0 Å². The van der Waals surface area contributed by atoms with Gasteiger partial charge in [-0.3, -0.25) is 15.2 Å². The van der Waals surface area contributed by atoms with E-state index in [9.17, 15) is 18.3 Å². The largest absolute Gasteiger partial charge is 0.508 e. The number of aromatic nitrogens is 1. The van der Waals surface area contributed by atoms with Crippen LogP contribution in [0.5, 0.6) is 5.75 Å². The van der Waals surface area contributed by atoms with E-state index < -0.39 is 16.1 Å². The molecule has 0 spiro atoms. The highest BCUT2D eigenvalue weighted by atomic mass is 32.2. The Hall–Kier alpha value is -3.02. The first-order valence-electron chi connectivity index (χ1n) is 9.06. The minimum absolute atomic E-state index is 0.0189. The number of nitrogens with zero attached hydrogens (tertiary/aromatic N) is 2. The number of nitrogen functional groups attached to an aromatic ring is 1.